The van der Waals surface area contributed by atoms with E-state index < -0.39 is 36.0 Å². The monoisotopic (exact) mass is 575 g/mol. The first kappa shape index (κ1) is 29.7. The number of esters is 1. The number of primary amides is 1. The van der Waals surface area contributed by atoms with Gasteiger partial charge in [-0.15, -0.1) is 0 Å². The molecule has 8 nitrogen and oxygen atoms in total. The average Bonchev–Trinajstić information content (AvgIpc) is 3.48. The van der Waals surface area contributed by atoms with Crippen LogP contribution in [0.4, 0.5) is 4.79 Å². The Labute approximate surface area is 245 Å². The molecule has 6 fully saturated rings. The van der Waals surface area contributed by atoms with Crippen LogP contribution in [-0.4, -0.2) is 58.4 Å². The van der Waals surface area contributed by atoms with Crippen LogP contribution in [0.2, 0.25) is 0 Å². The lowest BCUT2D eigenvalue weighted by atomic mass is 9.41. The van der Waals surface area contributed by atoms with Crippen LogP contribution in [0.3, 0.4) is 0 Å². The molecule has 6 aliphatic rings. The van der Waals surface area contributed by atoms with Crippen molar-refractivity contribution in [3.8, 4) is 0 Å². The molecule has 0 aromatic rings. The van der Waals surface area contributed by atoms with Gasteiger partial charge in [-0.2, -0.15) is 0 Å². The van der Waals surface area contributed by atoms with E-state index in [2.05, 4.69) is 34.6 Å². The molecule has 0 radical (unpaired) electrons. The Kier molecular flexibility index (Phi) is 6.40. The fourth-order valence-corrected chi connectivity index (χ4v) is 12.7. The molecule has 4 N–H and O–H groups in total. The largest absolute Gasteiger partial charge is 0.457 e. The van der Waals surface area contributed by atoms with Gasteiger partial charge >= 0.3 is 12.1 Å². The Balaban J connectivity index is 1.32. The Morgan fingerprint density at radius 3 is 2.27 bits per heavy atom. The van der Waals surface area contributed by atoms with Crippen LogP contribution in [0.15, 0.2) is 0 Å². The van der Waals surface area contributed by atoms with E-state index in [9.17, 15) is 19.8 Å². The van der Waals surface area contributed by atoms with Crippen LogP contribution in [0, 0.1) is 50.7 Å². The molecule has 5 aliphatic carbocycles. The van der Waals surface area contributed by atoms with E-state index in [1.807, 2.05) is 0 Å². The van der Waals surface area contributed by atoms with Gasteiger partial charge in [-0.25, -0.2) is 4.79 Å². The summed E-state index contributed by atoms with van der Waals surface area (Å²) in [4.78, 5) is 23.7. The molecule has 1 heterocycles. The zero-order valence-electron chi connectivity index (χ0n) is 26.4. The number of nitrogens with two attached hydrogens (primary N) is 1. The zero-order valence-corrected chi connectivity index (χ0v) is 26.4. The van der Waals surface area contributed by atoms with Crippen molar-refractivity contribution in [2.45, 2.75) is 143 Å². The van der Waals surface area contributed by atoms with Crippen LogP contribution in [-0.2, 0) is 19.0 Å². The topological polar surface area (TPSA) is 128 Å². The van der Waals surface area contributed by atoms with Crippen LogP contribution in [0.1, 0.15) is 107 Å². The number of carbonyl (C=O) groups excluding carboxylic acids is 2. The first-order chi connectivity index (χ1) is 18.9. The highest BCUT2D eigenvalue weighted by Crippen LogP contribution is 2.89. The maximum absolute atomic E-state index is 12.4. The molecule has 5 saturated carbocycles. The summed E-state index contributed by atoms with van der Waals surface area (Å²) < 4.78 is 18.1. The molecule has 0 aromatic heterocycles. The second-order valence-electron chi connectivity index (χ2n) is 16.7. The number of ether oxygens (including phenoxy) is 3. The van der Waals surface area contributed by atoms with Crippen LogP contribution >= 0.6 is 0 Å². The van der Waals surface area contributed by atoms with Crippen molar-refractivity contribution in [2.75, 3.05) is 0 Å². The Hall–Kier alpha value is -1.38. The molecule has 1 aliphatic heterocycles. The third kappa shape index (κ3) is 3.68. The smallest absolute Gasteiger partial charge is 0.404 e. The van der Waals surface area contributed by atoms with Gasteiger partial charge in [0.05, 0.1) is 23.9 Å². The maximum Gasteiger partial charge on any atom is 0.404 e. The average molecular weight is 576 g/mol. The predicted octanol–water partition coefficient (Wildman–Crippen LogP) is 4.97. The number of fused-ring (bicyclic) bond motifs is 4. The quantitative estimate of drug-likeness (QED) is 0.404. The van der Waals surface area contributed by atoms with Crippen LogP contribution in [0.5, 0.6) is 0 Å². The van der Waals surface area contributed by atoms with Crippen molar-refractivity contribution in [1.82, 2.24) is 0 Å². The van der Waals surface area contributed by atoms with Crippen molar-refractivity contribution in [2.24, 2.45) is 56.5 Å². The van der Waals surface area contributed by atoms with Gasteiger partial charge in [0.15, 0.2) is 6.10 Å². The van der Waals surface area contributed by atoms with Crippen LogP contribution < -0.4 is 5.73 Å². The molecule has 2 spiro atoms. The fraction of sp³-hybridized carbons (Fsp3) is 0.939. The Morgan fingerprint density at radius 2 is 1.66 bits per heavy atom. The highest BCUT2D eigenvalue weighted by Gasteiger charge is 2.84. The lowest BCUT2D eigenvalue weighted by molar-refractivity contribution is -0.216. The number of amides is 1. The van der Waals surface area contributed by atoms with E-state index >= 15 is 0 Å². The molecule has 13 atom stereocenters. The van der Waals surface area contributed by atoms with Gasteiger partial charge < -0.3 is 30.2 Å². The highest BCUT2D eigenvalue weighted by molar-refractivity contribution is 5.66. The van der Waals surface area contributed by atoms with Gasteiger partial charge in [0, 0.05) is 17.8 Å². The van der Waals surface area contributed by atoms with Gasteiger partial charge in [0.25, 0.3) is 0 Å². The molecule has 3 unspecified atom stereocenters. The summed E-state index contributed by atoms with van der Waals surface area (Å²) in [5.74, 6) is 0.863. The van der Waals surface area contributed by atoms with E-state index in [1.54, 1.807) is 13.8 Å². The molecule has 232 valence electrons. The third-order valence-corrected chi connectivity index (χ3v) is 14.4. The van der Waals surface area contributed by atoms with Crippen molar-refractivity contribution < 1.29 is 34.0 Å². The minimum atomic E-state index is -1.26. The minimum Gasteiger partial charge on any atom is -0.457 e. The maximum atomic E-state index is 12.4. The summed E-state index contributed by atoms with van der Waals surface area (Å²) in [7, 11) is 0. The van der Waals surface area contributed by atoms with Crippen molar-refractivity contribution >= 4 is 12.1 Å². The molecule has 6 rings (SSSR count). The van der Waals surface area contributed by atoms with Crippen molar-refractivity contribution in [1.29, 1.82) is 0 Å². The number of rotatable bonds is 4. The summed E-state index contributed by atoms with van der Waals surface area (Å²) in [5.41, 5.74) is 4.10. The minimum absolute atomic E-state index is 0.0819. The highest BCUT2D eigenvalue weighted by atomic mass is 16.6. The SMILES string of the molecule is CC(=O)O[C@@H]([C@H]1C[C@@H](C)[C@H]2[C@H](O1)[C@H](O)[C@@]1(C)[C@@H]3CC[C@H]4C(C)(C)C(OC(N)=O)CCC45CC35CC[C@]21C)C(C)(C)O. The van der Waals surface area contributed by atoms with Gasteiger partial charge in [-0.1, -0.05) is 34.6 Å². The summed E-state index contributed by atoms with van der Waals surface area (Å²) >= 11 is 0. The molecule has 1 saturated heterocycles. The van der Waals surface area contributed by atoms with Gasteiger partial charge in [-0.05, 0) is 105 Å². The standard InChI is InChI=1S/C33H53NO7/c1-17-15-19(26(29(5,6)38)39-18(2)35)40-24-23(17)30(7)13-14-33-16-32(33)12-11-22(41-27(34)37)28(3,4)20(32)9-10-21(33)31(30,8)25(24)36/h17,19-26,36,38H,9-16H2,1-8H3,(H2,34,37)/t17-,19-,20+,21+,22?,23+,24+,25+,26+,30-,31-,32?,33?/m1/s1. The van der Waals surface area contributed by atoms with Gasteiger partial charge in [-0.3, -0.25) is 4.79 Å². The molecule has 0 aromatic carbocycles. The molecule has 8 heteroatoms. The normalized spacial score (nSPS) is 52.0. The molecular weight excluding hydrogens is 522 g/mol. The molecule has 0 bridgehead atoms. The zero-order chi connectivity index (χ0) is 30.1. The molecular formula is C33H53NO7. The van der Waals surface area contributed by atoms with E-state index in [1.165, 1.54) is 19.8 Å². The second-order valence-corrected chi connectivity index (χ2v) is 16.7. The number of aliphatic hydroxyl groups is 2. The number of hydrogen-bond acceptors (Lipinski definition) is 7. The lowest BCUT2D eigenvalue weighted by Crippen LogP contribution is -2.60. The Bertz CT molecular complexity index is 1120. The summed E-state index contributed by atoms with van der Waals surface area (Å²) in [6.07, 6.45) is 5.02. The predicted molar refractivity (Wildman–Crippen MR) is 152 cm³/mol. The van der Waals surface area contributed by atoms with E-state index in [0.29, 0.717) is 18.3 Å². The van der Waals surface area contributed by atoms with Crippen molar-refractivity contribution in [3.05, 3.63) is 0 Å². The molecule has 1 amide bonds. The summed E-state index contributed by atoms with van der Waals surface area (Å²) in [6.45, 7) is 16.2. The second kappa shape index (κ2) is 8.84. The van der Waals surface area contributed by atoms with Crippen LogP contribution in [0.25, 0.3) is 0 Å². The fourth-order valence-electron chi connectivity index (χ4n) is 12.7. The van der Waals surface area contributed by atoms with E-state index in [4.69, 9.17) is 19.9 Å². The number of hydrogen-bond donors (Lipinski definition) is 3. The Morgan fingerprint density at radius 1 is 1.02 bits per heavy atom. The number of aliphatic hydroxyl groups excluding tert-OH is 1. The first-order valence-corrected chi connectivity index (χ1v) is 16.1. The molecule has 41 heavy (non-hydrogen) atoms. The first-order valence-electron chi connectivity index (χ1n) is 16.1. The van der Waals surface area contributed by atoms with E-state index in [-0.39, 0.29) is 51.1 Å². The van der Waals surface area contributed by atoms with E-state index in [0.717, 1.165) is 32.1 Å². The van der Waals surface area contributed by atoms with Gasteiger partial charge in [0.1, 0.15) is 6.10 Å². The summed E-state index contributed by atoms with van der Waals surface area (Å²) in [5, 5.41) is 23.3. The van der Waals surface area contributed by atoms with Gasteiger partial charge in [0.2, 0.25) is 0 Å². The summed E-state index contributed by atoms with van der Waals surface area (Å²) in [6, 6.07) is 0. The van der Waals surface area contributed by atoms with Crippen molar-refractivity contribution in [3.63, 3.8) is 0 Å². The lowest BCUT2D eigenvalue weighted by Gasteiger charge is -2.63. The third-order valence-electron chi connectivity index (χ3n) is 14.4. The number of carbonyl (C=O) groups is 2.